The van der Waals surface area contributed by atoms with Gasteiger partial charge in [0, 0.05) is 24.8 Å². The normalized spacial score (nSPS) is 13.3. The molecule has 190 valence electrons. The van der Waals surface area contributed by atoms with Crippen molar-refractivity contribution in [1.29, 1.82) is 0 Å². The summed E-state index contributed by atoms with van der Waals surface area (Å²) in [7, 11) is 1.47. The lowest BCUT2D eigenvalue weighted by Gasteiger charge is -2.24. The molecular weight excluding hydrogens is 483 g/mol. The number of ether oxygens (including phenoxy) is 2. The number of aromatic nitrogens is 3. The fourth-order valence-electron chi connectivity index (χ4n) is 3.39. The van der Waals surface area contributed by atoms with E-state index in [4.69, 9.17) is 26.2 Å². The topological polar surface area (TPSA) is 131 Å². The van der Waals surface area contributed by atoms with Gasteiger partial charge in [0.1, 0.15) is 34.0 Å². The molecule has 0 aliphatic heterocycles. The summed E-state index contributed by atoms with van der Waals surface area (Å²) < 4.78 is 28.1. The second-order valence-electron chi connectivity index (χ2n) is 8.50. The molecule has 0 saturated heterocycles. The fraction of sp³-hybridized carbons (Fsp3) is 0.391. The number of aliphatic hydroxyl groups is 2. The Morgan fingerprint density at radius 3 is 2.69 bits per heavy atom. The molecule has 1 amide bonds. The monoisotopic (exact) mass is 510 g/mol. The molecule has 2 aromatic heterocycles. The molecule has 0 radical (unpaired) electrons. The van der Waals surface area contributed by atoms with E-state index in [2.05, 4.69) is 10.4 Å². The summed E-state index contributed by atoms with van der Waals surface area (Å²) in [4.78, 5) is 13.1. The molecule has 3 aromatic rings. The fourth-order valence-corrected chi connectivity index (χ4v) is 3.63. The number of halogens is 2. The first-order valence-corrected chi connectivity index (χ1v) is 11.1. The number of methoxy groups -OCH3 is 1. The summed E-state index contributed by atoms with van der Waals surface area (Å²) in [6.45, 7) is 2.24. The molecule has 0 fully saturated rings. The molecule has 12 heteroatoms. The van der Waals surface area contributed by atoms with E-state index in [1.807, 2.05) is 0 Å². The number of carbonyl (C=O) groups excluding carboxylic acids is 1. The van der Waals surface area contributed by atoms with Crippen molar-refractivity contribution in [3.63, 3.8) is 0 Å². The number of rotatable bonds is 11. The number of benzene rings is 1. The van der Waals surface area contributed by atoms with Crippen LogP contribution in [0.4, 0.5) is 10.2 Å². The Labute approximate surface area is 206 Å². The SMILES string of the molecule is COc1cccc(Oc2cc(O)n(C(CC(C)(C)F)C(=O)Nc3ccn(C[C@@H](O)CO)n3)c2)c1Cl. The van der Waals surface area contributed by atoms with Crippen molar-refractivity contribution >= 4 is 23.3 Å². The first-order chi connectivity index (χ1) is 16.5. The standard InChI is InChI=1S/C23H28ClFN4O6/c1-23(2,25)10-16(22(33)26-19-7-8-28(27-19)11-14(31)13-30)29-12-15(9-20(29)32)35-18-6-4-5-17(34-3)21(18)24/h4-9,12,14,16,30-32H,10-11,13H2,1-3H3,(H,26,27,33)/t14-,16?/m1/s1. The highest BCUT2D eigenvalue weighted by molar-refractivity contribution is 6.33. The van der Waals surface area contributed by atoms with Crippen LogP contribution in [0.2, 0.25) is 5.02 Å². The first-order valence-electron chi connectivity index (χ1n) is 10.7. The maximum Gasteiger partial charge on any atom is 0.248 e. The number of carbonyl (C=O) groups is 1. The number of aromatic hydroxyl groups is 1. The van der Waals surface area contributed by atoms with E-state index in [0.29, 0.717) is 5.75 Å². The van der Waals surface area contributed by atoms with E-state index in [-0.39, 0.29) is 41.2 Å². The van der Waals surface area contributed by atoms with Crippen LogP contribution in [0.1, 0.15) is 26.3 Å². The van der Waals surface area contributed by atoms with Gasteiger partial charge in [-0.3, -0.25) is 9.48 Å². The zero-order valence-corrected chi connectivity index (χ0v) is 20.2. The van der Waals surface area contributed by atoms with Crippen LogP contribution in [0.15, 0.2) is 42.7 Å². The molecule has 3 rings (SSSR count). The highest BCUT2D eigenvalue weighted by atomic mass is 35.5. The van der Waals surface area contributed by atoms with Crippen LogP contribution in [0.5, 0.6) is 23.1 Å². The minimum absolute atomic E-state index is 0.0270. The molecule has 0 aliphatic rings. The highest BCUT2D eigenvalue weighted by Crippen LogP contribution is 2.39. The zero-order chi connectivity index (χ0) is 25.8. The van der Waals surface area contributed by atoms with Gasteiger partial charge in [-0.1, -0.05) is 17.7 Å². The third-order valence-electron chi connectivity index (χ3n) is 5.00. The van der Waals surface area contributed by atoms with Crippen LogP contribution in [0.3, 0.4) is 0 Å². The highest BCUT2D eigenvalue weighted by Gasteiger charge is 2.31. The lowest BCUT2D eigenvalue weighted by Crippen LogP contribution is -2.31. The van der Waals surface area contributed by atoms with E-state index >= 15 is 0 Å². The maximum atomic E-state index is 14.6. The van der Waals surface area contributed by atoms with Gasteiger partial charge in [-0.05, 0) is 26.0 Å². The van der Waals surface area contributed by atoms with E-state index in [1.54, 1.807) is 18.2 Å². The van der Waals surface area contributed by atoms with Gasteiger partial charge < -0.3 is 34.7 Å². The third-order valence-corrected chi connectivity index (χ3v) is 5.37. The quantitative estimate of drug-likeness (QED) is 0.310. The summed E-state index contributed by atoms with van der Waals surface area (Å²) >= 11 is 6.27. The Kier molecular flexibility index (Phi) is 8.26. The van der Waals surface area contributed by atoms with Crippen LogP contribution in [-0.2, 0) is 11.3 Å². The van der Waals surface area contributed by atoms with E-state index in [0.717, 1.165) is 0 Å². The summed E-state index contributed by atoms with van der Waals surface area (Å²) in [6.07, 6.45) is 1.62. The Hall–Kier alpha value is -3.28. The number of amides is 1. The van der Waals surface area contributed by atoms with Gasteiger partial charge in [0.05, 0.1) is 32.6 Å². The third kappa shape index (κ3) is 6.87. The average Bonchev–Trinajstić information content (AvgIpc) is 3.38. The molecule has 4 N–H and O–H groups in total. The molecule has 10 nitrogen and oxygen atoms in total. The number of hydrogen-bond acceptors (Lipinski definition) is 7. The molecular formula is C23H28ClFN4O6. The minimum Gasteiger partial charge on any atom is -0.495 e. The van der Waals surface area contributed by atoms with Crippen molar-refractivity contribution in [1.82, 2.24) is 14.3 Å². The second kappa shape index (κ2) is 11.0. The number of hydrogen-bond donors (Lipinski definition) is 4. The van der Waals surface area contributed by atoms with E-state index < -0.39 is 30.3 Å². The van der Waals surface area contributed by atoms with Crippen molar-refractivity contribution in [3.05, 3.63) is 47.7 Å². The van der Waals surface area contributed by atoms with Gasteiger partial charge in [-0.25, -0.2) is 4.39 Å². The van der Waals surface area contributed by atoms with Crippen LogP contribution in [0, 0.1) is 0 Å². The smallest absolute Gasteiger partial charge is 0.248 e. The van der Waals surface area contributed by atoms with Crippen LogP contribution in [-0.4, -0.2) is 61.1 Å². The lowest BCUT2D eigenvalue weighted by atomic mass is 10.00. The number of nitrogens with zero attached hydrogens (tertiary/aromatic N) is 3. The molecule has 2 heterocycles. The number of nitrogens with one attached hydrogen (secondary N) is 1. The molecule has 0 aliphatic carbocycles. The second-order valence-corrected chi connectivity index (χ2v) is 8.88. The summed E-state index contributed by atoms with van der Waals surface area (Å²) in [6, 6.07) is 6.57. The van der Waals surface area contributed by atoms with Crippen molar-refractivity contribution in [2.24, 2.45) is 0 Å². The Morgan fingerprint density at radius 1 is 1.31 bits per heavy atom. The van der Waals surface area contributed by atoms with Gasteiger partial charge in [0.25, 0.3) is 0 Å². The molecule has 1 aromatic carbocycles. The van der Waals surface area contributed by atoms with Gasteiger partial charge >= 0.3 is 0 Å². The molecule has 2 atom stereocenters. The van der Waals surface area contributed by atoms with Crippen LogP contribution in [0.25, 0.3) is 0 Å². The van der Waals surface area contributed by atoms with Crippen molar-refractivity contribution < 1.29 is 34.0 Å². The number of anilines is 1. The van der Waals surface area contributed by atoms with Crippen LogP contribution < -0.4 is 14.8 Å². The van der Waals surface area contributed by atoms with Gasteiger partial charge in [-0.2, -0.15) is 5.10 Å². The predicted octanol–water partition coefficient (Wildman–Crippen LogP) is 3.52. The van der Waals surface area contributed by atoms with Crippen LogP contribution >= 0.6 is 11.6 Å². The average molecular weight is 511 g/mol. The summed E-state index contributed by atoms with van der Waals surface area (Å²) in [5.41, 5.74) is -1.75. The Bertz CT molecular complexity index is 1160. The van der Waals surface area contributed by atoms with Gasteiger partial charge in [0.15, 0.2) is 11.7 Å². The summed E-state index contributed by atoms with van der Waals surface area (Å²) in [5, 5.41) is 36.0. The molecule has 0 bridgehead atoms. The number of alkyl halides is 1. The Balaban J connectivity index is 1.84. The number of aliphatic hydroxyl groups excluding tert-OH is 2. The minimum atomic E-state index is -1.75. The predicted molar refractivity (Wildman–Crippen MR) is 127 cm³/mol. The molecule has 0 saturated carbocycles. The van der Waals surface area contributed by atoms with Crippen molar-refractivity contribution in [2.45, 2.75) is 44.6 Å². The van der Waals surface area contributed by atoms with Crippen molar-refractivity contribution in [2.75, 3.05) is 19.0 Å². The molecule has 0 spiro atoms. The maximum absolute atomic E-state index is 14.6. The largest absolute Gasteiger partial charge is 0.495 e. The van der Waals surface area contributed by atoms with Gasteiger partial charge in [0.2, 0.25) is 5.91 Å². The van der Waals surface area contributed by atoms with Crippen molar-refractivity contribution in [3.8, 4) is 23.1 Å². The van der Waals surface area contributed by atoms with E-state index in [9.17, 15) is 19.4 Å². The first kappa shape index (κ1) is 26.3. The van der Waals surface area contributed by atoms with E-state index in [1.165, 1.54) is 54.7 Å². The van der Waals surface area contributed by atoms with Gasteiger partial charge in [-0.15, -0.1) is 0 Å². The molecule has 1 unspecified atom stereocenters. The molecule has 35 heavy (non-hydrogen) atoms. The Morgan fingerprint density at radius 2 is 2.03 bits per heavy atom. The lowest BCUT2D eigenvalue weighted by molar-refractivity contribution is -0.120. The summed E-state index contributed by atoms with van der Waals surface area (Å²) in [5.74, 6) is 0.0591. The zero-order valence-electron chi connectivity index (χ0n) is 19.5.